The van der Waals surface area contributed by atoms with Crippen molar-refractivity contribution < 1.29 is 4.79 Å². The number of Topliss-reactive ketones (excluding diaryl/α,β-unsaturated/α-hetero) is 1. The maximum atomic E-state index is 11.7. The van der Waals surface area contributed by atoms with Crippen molar-refractivity contribution in [3.05, 3.63) is 58.6 Å². The van der Waals surface area contributed by atoms with Gasteiger partial charge in [0.1, 0.15) is 5.78 Å². The first kappa shape index (κ1) is 14.8. The molecule has 0 spiro atoms. The Morgan fingerprint density at radius 3 is 2.35 bits per heavy atom. The number of carbonyl (C=O) groups excluding carboxylic acids is 1. The Morgan fingerprint density at radius 2 is 1.75 bits per heavy atom. The van der Waals surface area contributed by atoms with Crippen molar-refractivity contribution in [2.24, 2.45) is 5.92 Å². The average Bonchev–Trinajstić information content (AvgIpc) is 2.42. The Morgan fingerprint density at radius 1 is 1.10 bits per heavy atom. The van der Waals surface area contributed by atoms with Crippen molar-refractivity contribution in [2.45, 2.75) is 27.2 Å². The van der Waals surface area contributed by atoms with Gasteiger partial charge in [0, 0.05) is 17.4 Å². The highest BCUT2D eigenvalue weighted by Crippen LogP contribution is 2.27. The van der Waals surface area contributed by atoms with E-state index in [1.165, 1.54) is 5.56 Å². The lowest BCUT2D eigenvalue weighted by Gasteiger charge is -2.09. The number of ketones is 1. The van der Waals surface area contributed by atoms with Crippen LogP contribution in [0.4, 0.5) is 0 Å². The first-order valence-corrected chi connectivity index (χ1v) is 7.23. The van der Waals surface area contributed by atoms with Gasteiger partial charge in [0.05, 0.1) is 0 Å². The van der Waals surface area contributed by atoms with Crippen molar-refractivity contribution >= 4 is 17.4 Å². The topological polar surface area (TPSA) is 17.1 Å². The van der Waals surface area contributed by atoms with E-state index < -0.39 is 0 Å². The second-order valence-corrected chi connectivity index (χ2v) is 5.89. The summed E-state index contributed by atoms with van der Waals surface area (Å²) in [6, 6.07) is 14.1. The Balaban J connectivity index is 2.24. The van der Waals surface area contributed by atoms with Gasteiger partial charge in [0.15, 0.2) is 0 Å². The van der Waals surface area contributed by atoms with Crippen LogP contribution in [-0.2, 0) is 11.2 Å². The van der Waals surface area contributed by atoms with Crippen molar-refractivity contribution in [2.75, 3.05) is 0 Å². The highest BCUT2D eigenvalue weighted by molar-refractivity contribution is 6.30. The van der Waals surface area contributed by atoms with Crippen LogP contribution in [0.15, 0.2) is 42.5 Å². The monoisotopic (exact) mass is 286 g/mol. The van der Waals surface area contributed by atoms with Crippen molar-refractivity contribution in [3.8, 4) is 11.1 Å². The number of benzene rings is 2. The molecule has 0 aliphatic rings. The highest BCUT2D eigenvalue weighted by Gasteiger charge is 2.09. The minimum Gasteiger partial charge on any atom is -0.299 e. The van der Waals surface area contributed by atoms with Crippen LogP contribution in [0.3, 0.4) is 0 Å². The molecule has 0 heterocycles. The van der Waals surface area contributed by atoms with Crippen LogP contribution in [0.5, 0.6) is 0 Å². The second-order valence-electron chi connectivity index (χ2n) is 5.45. The minimum absolute atomic E-state index is 0.0878. The average molecular weight is 287 g/mol. The van der Waals surface area contributed by atoms with Gasteiger partial charge in [-0.15, -0.1) is 0 Å². The van der Waals surface area contributed by atoms with Gasteiger partial charge in [-0.3, -0.25) is 4.79 Å². The Hall–Kier alpha value is -1.60. The molecule has 1 nitrogen and oxygen atoms in total. The zero-order valence-electron chi connectivity index (χ0n) is 12.1. The molecule has 0 radical (unpaired) electrons. The molecule has 0 aliphatic carbocycles. The third-order valence-corrected chi connectivity index (χ3v) is 3.72. The molecule has 0 atom stereocenters. The standard InChI is InChI=1S/C18H19ClO/c1-12(2)18(20)10-14-5-7-15(8-6-14)17-11-16(19)9-4-13(17)3/h4-9,11-12H,10H2,1-3H3. The van der Waals surface area contributed by atoms with Crippen molar-refractivity contribution in [3.63, 3.8) is 0 Å². The van der Waals surface area contributed by atoms with E-state index in [0.29, 0.717) is 6.42 Å². The Bertz CT molecular complexity index is 612. The molecule has 0 unspecified atom stereocenters. The highest BCUT2D eigenvalue weighted by atomic mass is 35.5. The molecule has 0 saturated heterocycles. The molecule has 2 aromatic carbocycles. The van der Waals surface area contributed by atoms with Gasteiger partial charge in [0.25, 0.3) is 0 Å². The fourth-order valence-corrected chi connectivity index (χ4v) is 2.28. The summed E-state index contributed by atoms with van der Waals surface area (Å²) in [5.74, 6) is 0.363. The molecular weight excluding hydrogens is 268 g/mol. The number of hydrogen-bond donors (Lipinski definition) is 0. The van der Waals surface area contributed by atoms with Crippen LogP contribution < -0.4 is 0 Å². The molecule has 0 aliphatic heterocycles. The maximum absolute atomic E-state index is 11.7. The normalized spacial score (nSPS) is 10.8. The van der Waals surface area contributed by atoms with E-state index >= 15 is 0 Å². The molecule has 0 bridgehead atoms. The van der Waals surface area contributed by atoms with Crippen molar-refractivity contribution in [1.82, 2.24) is 0 Å². The molecule has 2 rings (SSSR count). The molecule has 2 aromatic rings. The van der Waals surface area contributed by atoms with Gasteiger partial charge in [-0.25, -0.2) is 0 Å². The quantitative estimate of drug-likeness (QED) is 0.766. The maximum Gasteiger partial charge on any atom is 0.139 e. The van der Waals surface area contributed by atoms with E-state index in [4.69, 9.17) is 11.6 Å². The lowest BCUT2D eigenvalue weighted by Crippen LogP contribution is -2.09. The third kappa shape index (κ3) is 3.49. The number of carbonyl (C=O) groups is 1. The van der Waals surface area contributed by atoms with E-state index in [2.05, 4.69) is 19.1 Å². The van der Waals surface area contributed by atoms with Crippen molar-refractivity contribution in [1.29, 1.82) is 0 Å². The van der Waals surface area contributed by atoms with E-state index in [9.17, 15) is 4.79 Å². The number of rotatable bonds is 4. The predicted octanol–water partition coefficient (Wildman–Crippen LogP) is 5.08. The molecule has 0 N–H and O–H groups in total. The molecular formula is C18H19ClO. The van der Waals surface area contributed by atoms with E-state index in [1.807, 2.05) is 44.2 Å². The Labute approximate surface area is 125 Å². The van der Waals surface area contributed by atoms with Crippen LogP contribution in [0.1, 0.15) is 25.0 Å². The summed E-state index contributed by atoms with van der Waals surface area (Å²) < 4.78 is 0. The van der Waals surface area contributed by atoms with Gasteiger partial charge in [-0.2, -0.15) is 0 Å². The fraction of sp³-hybridized carbons (Fsp3) is 0.278. The zero-order valence-corrected chi connectivity index (χ0v) is 12.9. The largest absolute Gasteiger partial charge is 0.299 e. The molecule has 2 heteroatoms. The first-order valence-electron chi connectivity index (χ1n) is 6.85. The van der Waals surface area contributed by atoms with Crippen LogP contribution in [0.25, 0.3) is 11.1 Å². The summed E-state index contributed by atoms with van der Waals surface area (Å²) in [5, 5.41) is 0.740. The Kier molecular flexibility index (Phi) is 4.61. The van der Waals surface area contributed by atoms with Crippen LogP contribution in [0, 0.1) is 12.8 Å². The summed E-state index contributed by atoms with van der Waals surface area (Å²) in [6.07, 6.45) is 0.506. The van der Waals surface area contributed by atoms with Gasteiger partial charge < -0.3 is 0 Å². The smallest absolute Gasteiger partial charge is 0.139 e. The number of aryl methyl sites for hydroxylation is 1. The molecule has 0 amide bonds. The molecule has 0 aromatic heterocycles. The number of hydrogen-bond acceptors (Lipinski definition) is 1. The van der Waals surface area contributed by atoms with Crippen LogP contribution >= 0.6 is 11.6 Å². The number of halogens is 1. The van der Waals surface area contributed by atoms with Gasteiger partial charge >= 0.3 is 0 Å². The summed E-state index contributed by atoms with van der Waals surface area (Å²) in [4.78, 5) is 11.7. The fourth-order valence-electron chi connectivity index (χ4n) is 2.11. The molecule has 104 valence electrons. The van der Waals surface area contributed by atoms with Gasteiger partial charge in [0.2, 0.25) is 0 Å². The lowest BCUT2D eigenvalue weighted by atomic mass is 9.97. The van der Waals surface area contributed by atoms with E-state index in [1.54, 1.807) is 0 Å². The summed E-state index contributed by atoms with van der Waals surface area (Å²) in [6.45, 7) is 5.94. The van der Waals surface area contributed by atoms with Gasteiger partial charge in [-0.1, -0.05) is 55.8 Å². The minimum atomic E-state index is 0.0878. The van der Waals surface area contributed by atoms with Crippen LogP contribution in [-0.4, -0.2) is 5.78 Å². The van der Waals surface area contributed by atoms with Gasteiger partial charge in [-0.05, 0) is 41.3 Å². The summed E-state index contributed by atoms with van der Waals surface area (Å²) >= 11 is 6.06. The first-order chi connectivity index (χ1) is 9.47. The SMILES string of the molecule is Cc1ccc(Cl)cc1-c1ccc(CC(=O)C(C)C)cc1. The molecule has 0 saturated carbocycles. The summed E-state index contributed by atoms with van der Waals surface area (Å²) in [5.41, 5.74) is 4.53. The zero-order chi connectivity index (χ0) is 14.7. The predicted molar refractivity (Wildman–Crippen MR) is 85.2 cm³/mol. The van der Waals surface area contributed by atoms with Crippen LogP contribution in [0.2, 0.25) is 5.02 Å². The van der Waals surface area contributed by atoms with E-state index in [-0.39, 0.29) is 11.7 Å². The molecule has 20 heavy (non-hydrogen) atoms. The second kappa shape index (κ2) is 6.23. The third-order valence-electron chi connectivity index (χ3n) is 3.49. The van der Waals surface area contributed by atoms with E-state index in [0.717, 1.165) is 21.7 Å². The molecule has 0 fully saturated rings. The lowest BCUT2D eigenvalue weighted by molar-refractivity contribution is -0.121. The summed E-state index contributed by atoms with van der Waals surface area (Å²) in [7, 11) is 0.